The second-order valence-electron chi connectivity index (χ2n) is 5.40. The van der Waals surface area contributed by atoms with E-state index in [-0.39, 0.29) is 17.2 Å². The number of thiazole rings is 1. The van der Waals surface area contributed by atoms with E-state index in [4.69, 9.17) is 0 Å². The second kappa shape index (κ2) is 7.63. The van der Waals surface area contributed by atoms with E-state index in [1.54, 1.807) is 36.6 Å². The summed E-state index contributed by atoms with van der Waals surface area (Å²) in [5.74, 6) is -1.30. The third kappa shape index (κ3) is 4.06. The summed E-state index contributed by atoms with van der Waals surface area (Å²) in [6, 6.07) is 9.34. The van der Waals surface area contributed by atoms with Gasteiger partial charge in [-0.05, 0) is 36.8 Å². The molecule has 134 valence electrons. The number of nitrogens with zero attached hydrogens (tertiary/aromatic N) is 1. The van der Waals surface area contributed by atoms with Gasteiger partial charge in [0.05, 0.1) is 4.88 Å². The van der Waals surface area contributed by atoms with E-state index >= 15 is 0 Å². The number of hydrogen-bond acceptors (Lipinski definition) is 5. The zero-order chi connectivity index (χ0) is 18.7. The Bertz CT molecular complexity index is 1000. The SMILES string of the molecule is Cc1csc(=O)n1CC(=O)NNC(=O)c1ccc(-c2ccc(F)cc2)s1. The van der Waals surface area contributed by atoms with Gasteiger partial charge in [-0.15, -0.1) is 11.3 Å². The maximum atomic E-state index is 13.0. The number of aromatic nitrogens is 1. The van der Waals surface area contributed by atoms with E-state index in [9.17, 15) is 18.8 Å². The van der Waals surface area contributed by atoms with Gasteiger partial charge in [0, 0.05) is 16.0 Å². The number of amides is 2. The van der Waals surface area contributed by atoms with Gasteiger partial charge in [0.1, 0.15) is 12.4 Å². The van der Waals surface area contributed by atoms with Gasteiger partial charge in [0.25, 0.3) is 11.8 Å². The number of rotatable bonds is 4. The summed E-state index contributed by atoms with van der Waals surface area (Å²) in [5, 5.41) is 1.66. The van der Waals surface area contributed by atoms with Crippen LogP contribution in [-0.2, 0) is 11.3 Å². The highest BCUT2D eigenvalue weighted by Gasteiger charge is 2.13. The maximum Gasteiger partial charge on any atom is 0.307 e. The van der Waals surface area contributed by atoms with Crippen LogP contribution >= 0.6 is 22.7 Å². The van der Waals surface area contributed by atoms with Crippen LogP contribution in [0.25, 0.3) is 10.4 Å². The fraction of sp³-hybridized carbons (Fsp3) is 0.118. The number of carbonyl (C=O) groups excluding carboxylic acids is 2. The number of hydrazine groups is 1. The van der Waals surface area contributed by atoms with Gasteiger partial charge in [0.15, 0.2) is 0 Å². The lowest BCUT2D eigenvalue weighted by Crippen LogP contribution is -2.43. The van der Waals surface area contributed by atoms with Crippen LogP contribution in [0.2, 0.25) is 0 Å². The fourth-order valence-corrected chi connectivity index (χ4v) is 3.84. The standard InChI is InChI=1S/C17H14FN3O3S2/c1-10-9-25-17(24)21(10)8-15(22)19-20-16(23)14-7-6-13(26-14)11-2-4-12(18)5-3-11/h2-7,9H,8H2,1H3,(H,19,22)(H,20,23). The van der Waals surface area contributed by atoms with Gasteiger partial charge in [0.2, 0.25) is 0 Å². The highest BCUT2D eigenvalue weighted by atomic mass is 32.1. The summed E-state index contributed by atoms with van der Waals surface area (Å²) in [7, 11) is 0. The first-order valence-electron chi connectivity index (χ1n) is 7.54. The molecule has 0 bridgehead atoms. The number of nitrogens with one attached hydrogen (secondary N) is 2. The summed E-state index contributed by atoms with van der Waals surface area (Å²) in [5.41, 5.74) is 6.10. The highest BCUT2D eigenvalue weighted by molar-refractivity contribution is 7.17. The first kappa shape index (κ1) is 18.0. The minimum atomic E-state index is -0.503. The highest BCUT2D eigenvalue weighted by Crippen LogP contribution is 2.28. The maximum absolute atomic E-state index is 13.0. The van der Waals surface area contributed by atoms with Crippen molar-refractivity contribution in [2.75, 3.05) is 0 Å². The largest absolute Gasteiger partial charge is 0.307 e. The molecule has 2 N–H and O–H groups in total. The summed E-state index contributed by atoms with van der Waals surface area (Å²) >= 11 is 2.24. The average molecular weight is 391 g/mol. The van der Waals surface area contributed by atoms with Crippen molar-refractivity contribution in [3.8, 4) is 10.4 Å². The minimum Gasteiger partial charge on any atom is -0.294 e. The molecule has 0 aliphatic heterocycles. The molecule has 2 amide bonds. The van der Waals surface area contributed by atoms with Crippen molar-refractivity contribution < 1.29 is 14.0 Å². The van der Waals surface area contributed by atoms with Crippen LogP contribution in [0, 0.1) is 12.7 Å². The monoisotopic (exact) mass is 391 g/mol. The molecule has 2 aromatic heterocycles. The lowest BCUT2D eigenvalue weighted by molar-refractivity contribution is -0.122. The molecule has 0 spiro atoms. The quantitative estimate of drug-likeness (QED) is 0.671. The van der Waals surface area contributed by atoms with E-state index < -0.39 is 11.8 Å². The molecule has 1 aromatic carbocycles. The van der Waals surface area contributed by atoms with Gasteiger partial charge in [-0.2, -0.15) is 0 Å². The van der Waals surface area contributed by atoms with Crippen LogP contribution in [0.5, 0.6) is 0 Å². The van der Waals surface area contributed by atoms with E-state index in [0.717, 1.165) is 21.8 Å². The number of benzene rings is 1. The molecule has 0 aliphatic rings. The molecule has 2 heterocycles. The summed E-state index contributed by atoms with van der Waals surface area (Å²) < 4.78 is 14.3. The van der Waals surface area contributed by atoms with Gasteiger partial charge in [-0.3, -0.25) is 29.8 Å². The van der Waals surface area contributed by atoms with E-state index in [1.165, 1.54) is 28.0 Å². The van der Waals surface area contributed by atoms with Gasteiger partial charge in [-0.1, -0.05) is 23.5 Å². The van der Waals surface area contributed by atoms with Crippen molar-refractivity contribution in [2.45, 2.75) is 13.5 Å². The first-order valence-corrected chi connectivity index (χ1v) is 9.23. The van der Waals surface area contributed by atoms with Crippen molar-refractivity contribution in [1.29, 1.82) is 0 Å². The van der Waals surface area contributed by atoms with E-state index in [2.05, 4.69) is 10.9 Å². The summed E-state index contributed by atoms with van der Waals surface area (Å²) in [6.07, 6.45) is 0. The Morgan fingerprint density at radius 2 is 1.85 bits per heavy atom. The fourth-order valence-electron chi connectivity index (χ4n) is 2.20. The lowest BCUT2D eigenvalue weighted by Gasteiger charge is -2.07. The molecule has 0 saturated carbocycles. The number of hydrogen-bond donors (Lipinski definition) is 2. The lowest BCUT2D eigenvalue weighted by atomic mass is 10.2. The topological polar surface area (TPSA) is 80.2 Å². The zero-order valence-corrected chi connectivity index (χ0v) is 15.2. The van der Waals surface area contributed by atoms with Crippen LogP contribution in [-0.4, -0.2) is 16.4 Å². The molecule has 3 aromatic rings. The molecule has 0 aliphatic carbocycles. The third-order valence-electron chi connectivity index (χ3n) is 3.55. The van der Waals surface area contributed by atoms with Gasteiger partial charge in [-0.25, -0.2) is 4.39 Å². The molecular weight excluding hydrogens is 377 g/mol. The zero-order valence-electron chi connectivity index (χ0n) is 13.6. The molecular formula is C17H14FN3O3S2. The van der Waals surface area contributed by atoms with Crippen LogP contribution < -0.4 is 15.7 Å². The van der Waals surface area contributed by atoms with Crippen LogP contribution in [0.1, 0.15) is 15.4 Å². The Kier molecular flexibility index (Phi) is 5.29. The average Bonchev–Trinajstić information content (AvgIpc) is 3.23. The van der Waals surface area contributed by atoms with Crippen molar-refractivity contribution in [1.82, 2.24) is 15.4 Å². The number of carbonyl (C=O) groups is 2. The van der Waals surface area contributed by atoms with Crippen molar-refractivity contribution in [3.05, 3.63) is 67.8 Å². The Morgan fingerprint density at radius 1 is 1.12 bits per heavy atom. The molecule has 9 heteroatoms. The Morgan fingerprint density at radius 3 is 2.50 bits per heavy atom. The van der Waals surface area contributed by atoms with Crippen molar-refractivity contribution in [2.24, 2.45) is 0 Å². The normalized spacial score (nSPS) is 10.5. The predicted molar refractivity (Wildman–Crippen MR) is 98.6 cm³/mol. The number of aryl methyl sites for hydroxylation is 1. The molecule has 0 radical (unpaired) electrons. The Labute approximate surface area is 155 Å². The van der Waals surface area contributed by atoms with Crippen LogP contribution in [0.4, 0.5) is 4.39 Å². The molecule has 0 saturated heterocycles. The van der Waals surface area contributed by atoms with Crippen LogP contribution in [0.15, 0.2) is 46.6 Å². The van der Waals surface area contributed by atoms with Crippen molar-refractivity contribution >= 4 is 34.5 Å². The first-order chi connectivity index (χ1) is 12.4. The molecule has 6 nitrogen and oxygen atoms in total. The molecule has 0 fully saturated rings. The van der Waals surface area contributed by atoms with E-state index in [0.29, 0.717) is 10.6 Å². The predicted octanol–water partition coefficient (Wildman–Crippen LogP) is 2.55. The molecule has 0 atom stereocenters. The Balaban J connectivity index is 1.59. The number of thiophene rings is 1. The van der Waals surface area contributed by atoms with Gasteiger partial charge >= 0.3 is 4.87 Å². The Hall–Kier alpha value is -2.78. The number of halogens is 1. The van der Waals surface area contributed by atoms with Crippen LogP contribution in [0.3, 0.4) is 0 Å². The summed E-state index contributed by atoms with van der Waals surface area (Å²) in [6.45, 7) is 1.56. The third-order valence-corrected chi connectivity index (χ3v) is 5.57. The van der Waals surface area contributed by atoms with Gasteiger partial charge < -0.3 is 0 Å². The second-order valence-corrected chi connectivity index (χ2v) is 7.31. The smallest absolute Gasteiger partial charge is 0.294 e. The van der Waals surface area contributed by atoms with Crippen molar-refractivity contribution in [3.63, 3.8) is 0 Å². The molecule has 26 heavy (non-hydrogen) atoms. The minimum absolute atomic E-state index is 0.167. The molecule has 3 rings (SSSR count). The van der Waals surface area contributed by atoms with E-state index in [1.807, 2.05) is 0 Å². The summed E-state index contributed by atoms with van der Waals surface area (Å²) in [4.78, 5) is 36.6. The molecule has 0 unspecified atom stereocenters.